The Kier molecular flexibility index (Phi) is 5.81. The van der Waals surface area contributed by atoms with E-state index in [1.165, 1.54) is 19.3 Å². The number of benzene rings is 1. The lowest BCUT2D eigenvalue weighted by molar-refractivity contribution is 0.247. The van der Waals surface area contributed by atoms with Gasteiger partial charge in [-0.05, 0) is 37.3 Å². The lowest BCUT2D eigenvalue weighted by Gasteiger charge is -2.39. The number of methoxy groups -OCH3 is 2. The van der Waals surface area contributed by atoms with Crippen LogP contribution in [-0.2, 0) is 0 Å². The van der Waals surface area contributed by atoms with Gasteiger partial charge in [0, 0.05) is 31.1 Å². The molecule has 1 spiro atoms. The molecule has 0 atom stereocenters. The van der Waals surface area contributed by atoms with E-state index in [1.54, 1.807) is 20.5 Å². The van der Waals surface area contributed by atoms with Crippen molar-refractivity contribution in [1.29, 1.82) is 0 Å². The number of nitrogens with one attached hydrogen (secondary N) is 1. The molecule has 2 saturated heterocycles. The zero-order valence-corrected chi connectivity index (χ0v) is 16.3. The van der Waals surface area contributed by atoms with Crippen LogP contribution in [0, 0.1) is 5.41 Å². The third-order valence-corrected chi connectivity index (χ3v) is 5.58. The minimum absolute atomic E-state index is 0.500. The summed E-state index contributed by atoms with van der Waals surface area (Å²) in [4.78, 5) is 11.4. The van der Waals surface area contributed by atoms with E-state index in [0.29, 0.717) is 11.2 Å². The molecule has 2 aromatic rings. The standard InChI is InChI=1S/C18H24N4O2.C2H6/c1-23-15-9-13-14(10-16(15)24-2)20-12-21-17(13)22-7-4-18(5-8-22)3-6-19-11-18;1-2/h9-10,12,19H,3-8,11H2,1-2H3;1-2H3. The molecule has 6 nitrogen and oxygen atoms in total. The maximum Gasteiger partial charge on any atom is 0.162 e. The Morgan fingerprint density at radius 2 is 1.69 bits per heavy atom. The largest absolute Gasteiger partial charge is 0.493 e. The summed E-state index contributed by atoms with van der Waals surface area (Å²) in [6.45, 7) is 8.41. The van der Waals surface area contributed by atoms with Crippen LogP contribution >= 0.6 is 0 Å². The van der Waals surface area contributed by atoms with Crippen LogP contribution in [0.1, 0.15) is 33.1 Å². The Bertz CT molecular complexity index is 734. The van der Waals surface area contributed by atoms with Gasteiger partial charge in [0.1, 0.15) is 12.1 Å². The molecule has 1 aromatic heterocycles. The van der Waals surface area contributed by atoms with E-state index < -0.39 is 0 Å². The van der Waals surface area contributed by atoms with Gasteiger partial charge in [0.25, 0.3) is 0 Å². The van der Waals surface area contributed by atoms with Crippen molar-refractivity contribution in [3.63, 3.8) is 0 Å². The predicted molar refractivity (Wildman–Crippen MR) is 105 cm³/mol. The summed E-state index contributed by atoms with van der Waals surface area (Å²) in [5.41, 5.74) is 1.39. The van der Waals surface area contributed by atoms with E-state index in [1.807, 2.05) is 26.0 Å². The number of hydrogen-bond donors (Lipinski definition) is 1. The van der Waals surface area contributed by atoms with Crippen LogP contribution < -0.4 is 19.7 Å². The van der Waals surface area contributed by atoms with E-state index in [-0.39, 0.29) is 0 Å². The van der Waals surface area contributed by atoms with E-state index >= 15 is 0 Å². The van der Waals surface area contributed by atoms with Crippen molar-refractivity contribution in [3.8, 4) is 11.5 Å². The van der Waals surface area contributed by atoms with Crippen molar-refractivity contribution in [2.75, 3.05) is 45.3 Å². The van der Waals surface area contributed by atoms with Crippen LogP contribution in [0.2, 0.25) is 0 Å². The Hall–Kier alpha value is -2.08. The van der Waals surface area contributed by atoms with E-state index in [0.717, 1.165) is 48.6 Å². The van der Waals surface area contributed by atoms with Crippen LogP contribution in [0.4, 0.5) is 5.82 Å². The fourth-order valence-corrected chi connectivity index (χ4v) is 4.04. The number of fused-ring (bicyclic) bond motifs is 1. The molecule has 0 bridgehead atoms. The summed E-state index contributed by atoms with van der Waals surface area (Å²) in [5.74, 6) is 2.42. The van der Waals surface area contributed by atoms with Gasteiger partial charge in [-0.2, -0.15) is 0 Å². The number of anilines is 1. The van der Waals surface area contributed by atoms with Gasteiger partial charge >= 0.3 is 0 Å². The molecule has 3 heterocycles. The molecule has 2 fully saturated rings. The third kappa shape index (κ3) is 3.43. The molecule has 142 valence electrons. The van der Waals surface area contributed by atoms with Gasteiger partial charge in [0.15, 0.2) is 11.5 Å². The Labute approximate surface area is 155 Å². The van der Waals surface area contributed by atoms with Crippen molar-refractivity contribution in [3.05, 3.63) is 18.5 Å². The highest BCUT2D eigenvalue weighted by Crippen LogP contribution is 2.40. The predicted octanol–water partition coefficient (Wildman–Crippen LogP) is 3.25. The van der Waals surface area contributed by atoms with Crippen molar-refractivity contribution in [1.82, 2.24) is 15.3 Å². The van der Waals surface area contributed by atoms with E-state index in [4.69, 9.17) is 9.47 Å². The summed E-state index contributed by atoms with van der Waals surface area (Å²) >= 11 is 0. The molecular formula is C20H30N4O2. The Morgan fingerprint density at radius 1 is 1.00 bits per heavy atom. The number of rotatable bonds is 3. The highest BCUT2D eigenvalue weighted by atomic mass is 16.5. The first-order valence-electron chi connectivity index (χ1n) is 9.57. The highest BCUT2D eigenvalue weighted by Gasteiger charge is 2.37. The molecule has 1 N–H and O–H groups in total. The fourth-order valence-electron chi connectivity index (χ4n) is 4.04. The van der Waals surface area contributed by atoms with Gasteiger partial charge in [-0.1, -0.05) is 13.8 Å². The van der Waals surface area contributed by atoms with Gasteiger partial charge in [-0.3, -0.25) is 0 Å². The number of nitrogens with zero attached hydrogens (tertiary/aromatic N) is 3. The molecule has 0 unspecified atom stereocenters. The molecule has 26 heavy (non-hydrogen) atoms. The van der Waals surface area contributed by atoms with E-state index in [2.05, 4.69) is 20.2 Å². The number of hydrogen-bond acceptors (Lipinski definition) is 6. The minimum Gasteiger partial charge on any atom is -0.493 e. The average molecular weight is 358 g/mol. The van der Waals surface area contributed by atoms with Gasteiger partial charge in [-0.15, -0.1) is 0 Å². The molecule has 2 aliphatic rings. The first-order valence-corrected chi connectivity index (χ1v) is 9.57. The summed E-state index contributed by atoms with van der Waals surface area (Å²) in [5, 5.41) is 4.54. The van der Waals surface area contributed by atoms with Crippen LogP contribution in [0.5, 0.6) is 11.5 Å². The van der Waals surface area contributed by atoms with Crippen molar-refractivity contribution in [2.24, 2.45) is 5.41 Å². The monoisotopic (exact) mass is 358 g/mol. The molecule has 0 aliphatic carbocycles. The quantitative estimate of drug-likeness (QED) is 0.909. The summed E-state index contributed by atoms with van der Waals surface area (Å²) in [6, 6.07) is 3.91. The summed E-state index contributed by atoms with van der Waals surface area (Å²) in [6.07, 6.45) is 5.39. The van der Waals surface area contributed by atoms with Gasteiger partial charge < -0.3 is 19.7 Å². The zero-order chi connectivity index (χ0) is 18.6. The second kappa shape index (κ2) is 8.08. The van der Waals surface area contributed by atoms with Crippen LogP contribution in [0.25, 0.3) is 10.9 Å². The van der Waals surface area contributed by atoms with Crippen LogP contribution in [0.15, 0.2) is 18.5 Å². The normalized spacial score (nSPS) is 18.5. The Morgan fingerprint density at radius 3 is 2.31 bits per heavy atom. The lowest BCUT2D eigenvalue weighted by Crippen LogP contribution is -2.41. The molecule has 2 aliphatic heterocycles. The van der Waals surface area contributed by atoms with Crippen LogP contribution in [-0.4, -0.2) is 50.4 Å². The number of piperidine rings is 1. The first kappa shape index (κ1) is 18.7. The van der Waals surface area contributed by atoms with Crippen molar-refractivity contribution in [2.45, 2.75) is 33.1 Å². The van der Waals surface area contributed by atoms with Gasteiger partial charge in [0.2, 0.25) is 0 Å². The van der Waals surface area contributed by atoms with E-state index in [9.17, 15) is 0 Å². The molecular weight excluding hydrogens is 328 g/mol. The summed E-state index contributed by atoms with van der Waals surface area (Å²) in [7, 11) is 3.30. The zero-order valence-electron chi connectivity index (χ0n) is 16.3. The lowest BCUT2D eigenvalue weighted by atomic mass is 9.78. The maximum absolute atomic E-state index is 5.46. The molecule has 0 saturated carbocycles. The second-order valence-corrected chi connectivity index (χ2v) is 6.84. The van der Waals surface area contributed by atoms with Gasteiger partial charge in [-0.25, -0.2) is 9.97 Å². The minimum atomic E-state index is 0.500. The highest BCUT2D eigenvalue weighted by molar-refractivity contribution is 5.92. The second-order valence-electron chi connectivity index (χ2n) is 6.84. The third-order valence-electron chi connectivity index (χ3n) is 5.58. The number of aromatic nitrogens is 2. The molecule has 6 heteroatoms. The maximum atomic E-state index is 5.46. The smallest absolute Gasteiger partial charge is 0.162 e. The topological polar surface area (TPSA) is 59.5 Å². The molecule has 1 aromatic carbocycles. The molecule has 0 radical (unpaired) electrons. The SMILES string of the molecule is CC.COc1cc2ncnc(N3CCC4(CCNC4)CC3)c2cc1OC. The summed E-state index contributed by atoms with van der Waals surface area (Å²) < 4.78 is 10.8. The van der Waals surface area contributed by atoms with Gasteiger partial charge in [0.05, 0.1) is 19.7 Å². The van der Waals surface area contributed by atoms with Crippen molar-refractivity contribution < 1.29 is 9.47 Å². The average Bonchev–Trinajstić information content (AvgIpc) is 3.16. The molecule has 0 amide bonds. The first-order chi connectivity index (χ1) is 12.7. The Balaban J connectivity index is 0.000000948. The number of ether oxygens (including phenoxy) is 2. The van der Waals surface area contributed by atoms with Crippen molar-refractivity contribution >= 4 is 16.7 Å². The fraction of sp³-hybridized carbons (Fsp3) is 0.600. The molecule has 4 rings (SSSR count). The van der Waals surface area contributed by atoms with Crippen LogP contribution in [0.3, 0.4) is 0 Å².